The van der Waals surface area contributed by atoms with Crippen LogP contribution in [-0.4, -0.2) is 74.2 Å². The molecule has 7 heteroatoms. The Labute approximate surface area is 170 Å². The van der Waals surface area contributed by atoms with Gasteiger partial charge in [0.05, 0.1) is 19.0 Å². The summed E-state index contributed by atoms with van der Waals surface area (Å²) in [4.78, 5) is 12.8. The number of benzene rings is 1. The number of aliphatic hydroxyl groups is 3. The highest BCUT2D eigenvalue weighted by atomic mass is 16.5. The SMILES string of the molecule is C[N@+]1(CC2(O)CC2)CC[C@]23c4c5ccc(O)c4O[C@H]2C(=O)CC[C@@]3(O)[C@H]1C5O.[CH3-]. The Hall–Kier alpha value is -1.67. The molecule has 2 bridgehead atoms. The summed E-state index contributed by atoms with van der Waals surface area (Å²) in [6, 6.07) is 2.63. The predicted molar refractivity (Wildman–Crippen MR) is 103 cm³/mol. The number of phenolic OH excluding ortho intramolecular Hbond substituents is 1. The van der Waals surface area contributed by atoms with Gasteiger partial charge in [0.15, 0.2) is 23.4 Å². The van der Waals surface area contributed by atoms with Gasteiger partial charge in [0, 0.05) is 18.4 Å². The summed E-state index contributed by atoms with van der Waals surface area (Å²) in [7, 11) is 2.00. The number of aliphatic hydroxyl groups excluding tert-OH is 1. The molecule has 3 fully saturated rings. The molecule has 1 aromatic carbocycles. The van der Waals surface area contributed by atoms with Crippen LogP contribution in [0.5, 0.6) is 11.5 Å². The summed E-state index contributed by atoms with van der Waals surface area (Å²) in [6.45, 7) is 1.10. The molecule has 1 spiro atoms. The van der Waals surface area contributed by atoms with Gasteiger partial charge in [0.25, 0.3) is 0 Å². The lowest BCUT2D eigenvalue weighted by molar-refractivity contribution is -0.957. The van der Waals surface area contributed by atoms with Crippen molar-refractivity contribution in [2.24, 2.45) is 0 Å². The molecular formula is C22H29NO6. The summed E-state index contributed by atoms with van der Waals surface area (Å²) in [6.07, 6.45) is 0.642. The van der Waals surface area contributed by atoms with Crippen molar-refractivity contribution in [2.75, 3.05) is 20.1 Å². The zero-order valence-corrected chi connectivity index (χ0v) is 16.9. The van der Waals surface area contributed by atoms with Gasteiger partial charge in [-0.2, -0.15) is 0 Å². The van der Waals surface area contributed by atoms with E-state index in [0.29, 0.717) is 35.1 Å². The van der Waals surface area contributed by atoms with Gasteiger partial charge in [-0.3, -0.25) is 4.79 Å². The fourth-order valence-electron chi connectivity index (χ4n) is 7.11. The van der Waals surface area contributed by atoms with E-state index in [-0.39, 0.29) is 37.6 Å². The van der Waals surface area contributed by atoms with E-state index in [1.54, 1.807) is 6.07 Å². The van der Waals surface area contributed by atoms with E-state index in [4.69, 9.17) is 4.74 Å². The molecule has 5 aliphatic rings. The third-order valence-corrected chi connectivity index (χ3v) is 8.39. The van der Waals surface area contributed by atoms with E-state index in [2.05, 4.69) is 0 Å². The standard InChI is InChI=1S/C21H25NO6.CH3/c1-22(10-19(26)6-7-19)9-8-20-14-11-2-3-12(23)16(14)28-18(20)13(24)4-5-21(20,27)17(22)15(11)25;/h2-3,15,17-18,25-27H,4-10H2,1H3;1H3/q;-1/p+1/t15?,17-,18+,20+,21-,22-;/m1./s1. The smallest absolute Gasteiger partial charge is 0.174 e. The number of quaternary nitrogens is 1. The molecule has 158 valence electrons. The van der Waals surface area contributed by atoms with Crippen molar-refractivity contribution in [3.63, 3.8) is 0 Å². The summed E-state index contributed by atoms with van der Waals surface area (Å²) in [5, 5.41) is 44.7. The van der Waals surface area contributed by atoms with E-state index in [9.17, 15) is 25.2 Å². The fraction of sp³-hybridized carbons (Fsp3) is 0.636. The highest BCUT2D eigenvalue weighted by molar-refractivity contribution is 5.90. The number of hydrogen-bond donors (Lipinski definition) is 4. The minimum absolute atomic E-state index is 0. The van der Waals surface area contributed by atoms with E-state index in [1.165, 1.54) is 6.07 Å². The molecule has 6 rings (SSSR count). The largest absolute Gasteiger partial charge is 0.504 e. The van der Waals surface area contributed by atoms with Gasteiger partial charge in [-0.05, 0) is 30.9 Å². The minimum atomic E-state index is -1.34. The van der Waals surface area contributed by atoms with E-state index < -0.39 is 34.9 Å². The number of carbonyl (C=O) groups is 1. The second-order valence-electron chi connectivity index (χ2n) is 9.96. The molecule has 4 N–H and O–H groups in total. The van der Waals surface area contributed by atoms with Crippen molar-refractivity contribution < 1.29 is 34.4 Å². The highest BCUT2D eigenvalue weighted by Crippen LogP contribution is 2.67. The van der Waals surface area contributed by atoms with Crippen LogP contribution in [0.25, 0.3) is 0 Å². The highest BCUT2D eigenvalue weighted by Gasteiger charge is 2.78. The van der Waals surface area contributed by atoms with Crippen LogP contribution in [0.2, 0.25) is 0 Å². The number of ether oxygens (including phenoxy) is 1. The molecule has 2 heterocycles. The average Bonchev–Trinajstić information content (AvgIpc) is 3.22. The second-order valence-corrected chi connectivity index (χ2v) is 9.96. The van der Waals surface area contributed by atoms with Gasteiger partial charge in [0.2, 0.25) is 0 Å². The molecule has 2 aliphatic heterocycles. The van der Waals surface area contributed by atoms with Crippen molar-refractivity contribution in [1.29, 1.82) is 0 Å². The first-order valence-electron chi connectivity index (χ1n) is 10.2. The maximum atomic E-state index is 12.8. The average molecular weight is 403 g/mol. The Balaban J connectivity index is 0.00000181. The number of likely N-dealkylation sites (tertiary alicyclic amines) is 1. The molecular weight excluding hydrogens is 374 g/mol. The fourth-order valence-corrected chi connectivity index (χ4v) is 7.11. The minimum Gasteiger partial charge on any atom is -0.504 e. The zero-order valence-electron chi connectivity index (χ0n) is 16.9. The Bertz CT molecular complexity index is 928. The number of piperidine rings is 1. The summed E-state index contributed by atoms with van der Waals surface area (Å²) in [5.74, 6) is 0.127. The lowest BCUT2D eigenvalue weighted by Crippen LogP contribution is -2.82. The number of phenols is 1. The number of rotatable bonds is 2. The van der Waals surface area contributed by atoms with E-state index in [1.807, 2.05) is 7.05 Å². The molecule has 1 unspecified atom stereocenters. The molecule has 3 aliphatic carbocycles. The first-order chi connectivity index (χ1) is 13.2. The molecule has 0 amide bonds. The van der Waals surface area contributed by atoms with Crippen molar-refractivity contribution in [3.8, 4) is 11.5 Å². The van der Waals surface area contributed by atoms with Crippen LogP contribution in [0.3, 0.4) is 0 Å². The molecule has 29 heavy (non-hydrogen) atoms. The first-order valence-corrected chi connectivity index (χ1v) is 10.2. The van der Waals surface area contributed by atoms with Crippen LogP contribution in [0.1, 0.15) is 49.3 Å². The number of hydrogen-bond acceptors (Lipinski definition) is 6. The Morgan fingerprint density at radius 3 is 2.62 bits per heavy atom. The monoisotopic (exact) mass is 403 g/mol. The van der Waals surface area contributed by atoms with Crippen LogP contribution >= 0.6 is 0 Å². The third kappa shape index (κ3) is 2.00. The molecule has 0 radical (unpaired) electrons. The lowest BCUT2D eigenvalue weighted by atomic mass is 9.48. The van der Waals surface area contributed by atoms with Gasteiger partial charge in [-0.15, -0.1) is 0 Å². The van der Waals surface area contributed by atoms with Crippen molar-refractivity contribution in [1.82, 2.24) is 0 Å². The molecule has 1 saturated heterocycles. The maximum absolute atomic E-state index is 12.8. The van der Waals surface area contributed by atoms with Gasteiger partial charge >= 0.3 is 0 Å². The number of Topliss-reactive ketones (excluding diaryl/α,β-unsaturated/α-hetero) is 1. The second kappa shape index (κ2) is 5.32. The molecule has 6 atom stereocenters. The quantitative estimate of drug-likeness (QED) is 0.428. The topological polar surface area (TPSA) is 107 Å². The van der Waals surface area contributed by atoms with Gasteiger partial charge in [0.1, 0.15) is 29.9 Å². The van der Waals surface area contributed by atoms with Crippen molar-refractivity contribution in [2.45, 2.75) is 67.0 Å². The Morgan fingerprint density at radius 1 is 1.21 bits per heavy atom. The van der Waals surface area contributed by atoms with Crippen molar-refractivity contribution >= 4 is 5.78 Å². The molecule has 1 aromatic rings. The van der Waals surface area contributed by atoms with Crippen molar-refractivity contribution in [3.05, 3.63) is 30.7 Å². The van der Waals surface area contributed by atoms with Gasteiger partial charge < -0.3 is 37.1 Å². The molecule has 2 saturated carbocycles. The lowest BCUT2D eigenvalue weighted by Gasteiger charge is -2.65. The Morgan fingerprint density at radius 2 is 1.93 bits per heavy atom. The van der Waals surface area contributed by atoms with Crippen LogP contribution in [-0.2, 0) is 10.2 Å². The first kappa shape index (κ1) is 19.3. The number of nitrogens with zero attached hydrogens (tertiary/aromatic N) is 1. The summed E-state index contributed by atoms with van der Waals surface area (Å²) < 4.78 is 6.36. The predicted octanol–water partition coefficient (Wildman–Crippen LogP) is 0.726. The summed E-state index contributed by atoms with van der Waals surface area (Å²) >= 11 is 0. The van der Waals surface area contributed by atoms with E-state index in [0.717, 1.165) is 12.8 Å². The molecule has 7 nitrogen and oxygen atoms in total. The van der Waals surface area contributed by atoms with Crippen LogP contribution in [0.15, 0.2) is 12.1 Å². The van der Waals surface area contributed by atoms with Gasteiger partial charge in [-0.25, -0.2) is 0 Å². The maximum Gasteiger partial charge on any atom is 0.174 e. The van der Waals surface area contributed by atoms with Gasteiger partial charge in [-0.1, -0.05) is 6.07 Å². The number of carbonyl (C=O) groups excluding carboxylic acids is 1. The Kier molecular flexibility index (Phi) is 3.54. The number of aromatic hydroxyl groups is 1. The summed E-state index contributed by atoms with van der Waals surface area (Å²) in [5.41, 5.74) is -1.76. The van der Waals surface area contributed by atoms with Crippen LogP contribution in [0, 0.1) is 7.43 Å². The normalized spacial score (nSPS) is 45.1. The van der Waals surface area contributed by atoms with E-state index >= 15 is 0 Å². The number of likely N-dealkylation sites (N-methyl/N-ethyl adjacent to an activating group) is 1. The van der Waals surface area contributed by atoms with Crippen LogP contribution < -0.4 is 4.74 Å². The number of ketones is 1. The third-order valence-electron chi connectivity index (χ3n) is 8.39. The van der Waals surface area contributed by atoms with Crippen LogP contribution in [0.4, 0.5) is 0 Å². The zero-order chi connectivity index (χ0) is 19.7. The molecule has 0 aromatic heterocycles.